The largest absolute Gasteiger partial charge is 0.371 e. The van der Waals surface area contributed by atoms with Crippen LogP contribution in [0.5, 0.6) is 0 Å². The molecule has 0 amide bonds. The lowest BCUT2D eigenvalue weighted by Crippen LogP contribution is -2.53. The van der Waals surface area contributed by atoms with Crippen molar-refractivity contribution in [3.8, 4) is 0 Å². The molecular weight excluding hydrogens is 224 g/mol. The molecule has 0 aliphatic carbocycles. The third-order valence-electron chi connectivity index (χ3n) is 2.95. The lowest BCUT2D eigenvalue weighted by molar-refractivity contribution is -0.0821. The number of nitrogens with one attached hydrogen (secondary N) is 1. The van der Waals surface area contributed by atoms with Crippen LogP contribution in [-0.4, -0.2) is 36.2 Å². The Labute approximate surface area is 101 Å². The quantitative estimate of drug-likeness (QED) is 0.815. The zero-order valence-corrected chi connectivity index (χ0v) is 9.87. The number of halogens is 1. The maximum absolute atomic E-state index is 10.5. The van der Waals surface area contributed by atoms with Crippen molar-refractivity contribution in [2.45, 2.75) is 5.72 Å². The van der Waals surface area contributed by atoms with E-state index in [9.17, 15) is 5.11 Å². The Kier molecular flexibility index (Phi) is 3.50. The minimum absolute atomic E-state index is 0.554. The van der Waals surface area contributed by atoms with Crippen LogP contribution in [-0.2, 0) is 5.72 Å². The topological polar surface area (TPSA) is 35.5 Å². The maximum Gasteiger partial charge on any atom is 0.146 e. The van der Waals surface area contributed by atoms with Crippen molar-refractivity contribution in [3.63, 3.8) is 0 Å². The normalized spacial score (nSPS) is 21.7. The lowest BCUT2D eigenvalue weighted by atomic mass is 10.0. The SMILES string of the molecule is [CH2]C(O)(c1ccccc1Cl)N1CCNCC1. The van der Waals surface area contributed by atoms with Gasteiger partial charge in [-0.1, -0.05) is 29.8 Å². The van der Waals surface area contributed by atoms with Gasteiger partial charge in [-0.25, -0.2) is 0 Å². The predicted molar refractivity (Wildman–Crippen MR) is 65.1 cm³/mol. The Bertz CT molecular complexity index is 362. The molecule has 16 heavy (non-hydrogen) atoms. The number of hydrogen-bond acceptors (Lipinski definition) is 3. The van der Waals surface area contributed by atoms with Gasteiger partial charge < -0.3 is 10.4 Å². The van der Waals surface area contributed by atoms with Gasteiger partial charge in [-0.3, -0.25) is 4.90 Å². The molecule has 1 heterocycles. The van der Waals surface area contributed by atoms with Gasteiger partial charge in [0.2, 0.25) is 0 Å². The van der Waals surface area contributed by atoms with E-state index in [1.54, 1.807) is 6.07 Å². The molecule has 1 saturated heterocycles. The van der Waals surface area contributed by atoms with Crippen molar-refractivity contribution in [3.05, 3.63) is 41.8 Å². The maximum atomic E-state index is 10.5. The summed E-state index contributed by atoms with van der Waals surface area (Å²) in [6, 6.07) is 7.30. The summed E-state index contributed by atoms with van der Waals surface area (Å²) in [5.74, 6) is 0. The molecule has 1 aliphatic heterocycles. The monoisotopic (exact) mass is 239 g/mol. The van der Waals surface area contributed by atoms with E-state index in [0.717, 1.165) is 26.2 Å². The minimum atomic E-state index is -1.24. The van der Waals surface area contributed by atoms with Crippen LogP contribution in [0.1, 0.15) is 5.56 Å². The van der Waals surface area contributed by atoms with Gasteiger partial charge in [0, 0.05) is 36.8 Å². The number of rotatable bonds is 2. The van der Waals surface area contributed by atoms with Crippen molar-refractivity contribution < 1.29 is 5.11 Å². The predicted octanol–water partition coefficient (Wildman–Crippen LogP) is 1.22. The number of piperazine rings is 1. The second-order valence-corrected chi connectivity index (χ2v) is 4.44. The molecule has 87 valence electrons. The molecule has 1 atom stereocenters. The molecule has 3 nitrogen and oxygen atoms in total. The molecule has 1 unspecified atom stereocenters. The number of benzene rings is 1. The van der Waals surface area contributed by atoms with E-state index in [4.69, 9.17) is 11.6 Å². The van der Waals surface area contributed by atoms with Crippen LogP contribution in [0.15, 0.2) is 24.3 Å². The fourth-order valence-corrected chi connectivity index (χ4v) is 2.28. The number of hydrogen-bond donors (Lipinski definition) is 2. The zero-order valence-electron chi connectivity index (χ0n) is 9.12. The molecule has 1 radical (unpaired) electrons. The van der Waals surface area contributed by atoms with Gasteiger partial charge in [0.1, 0.15) is 5.72 Å². The van der Waals surface area contributed by atoms with Gasteiger partial charge in [0.15, 0.2) is 0 Å². The number of aliphatic hydroxyl groups is 1. The smallest absolute Gasteiger partial charge is 0.146 e. The van der Waals surface area contributed by atoms with Crippen molar-refractivity contribution >= 4 is 11.6 Å². The molecule has 1 fully saturated rings. The third kappa shape index (κ3) is 2.23. The van der Waals surface area contributed by atoms with Crippen molar-refractivity contribution in [1.29, 1.82) is 0 Å². The summed E-state index contributed by atoms with van der Waals surface area (Å²) < 4.78 is 0. The van der Waals surface area contributed by atoms with Crippen LogP contribution in [0.3, 0.4) is 0 Å². The van der Waals surface area contributed by atoms with Crippen LogP contribution in [0.2, 0.25) is 5.02 Å². The summed E-state index contributed by atoms with van der Waals surface area (Å²) in [5.41, 5.74) is -0.570. The van der Waals surface area contributed by atoms with E-state index in [-0.39, 0.29) is 0 Å². The summed E-state index contributed by atoms with van der Waals surface area (Å²) in [4.78, 5) is 1.94. The Morgan fingerprint density at radius 3 is 2.56 bits per heavy atom. The highest BCUT2D eigenvalue weighted by atomic mass is 35.5. The first kappa shape index (κ1) is 11.9. The third-order valence-corrected chi connectivity index (χ3v) is 3.27. The van der Waals surface area contributed by atoms with E-state index in [2.05, 4.69) is 12.2 Å². The molecule has 4 heteroatoms. The molecule has 1 aromatic rings. The first-order valence-corrected chi connectivity index (χ1v) is 5.78. The highest BCUT2D eigenvalue weighted by Gasteiger charge is 2.33. The molecule has 0 spiro atoms. The second kappa shape index (κ2) is 4.72. The van der Waals surface area contributed by atoms with Gasteiger partial charge in [0.25, 0.3) is 0 Å². The van der Waals surface area contributed by atoms with Crippen molar-refractivity contribution in [2.24, 2.45) is 0 Å². The van der Waals surface area contributed by atoms with Crippen LogP contribution in [0.25, 0.3) is 0 Å². The number of nitrogens with zero attached hydrogens (tertiary/aromatic N) is 1. The summed E-state index contributed by atoms with van der Waals surface area (Å²) in [5, 5.41) is 14.3. The summed E-state index contributed by atoms with van der Waals surface area (Å²) >= 11 is 6.09. The summed E-state index contributed by atoms with van der Waals surface area (Å²) in [6.07, 6.45) is 0. The van der Waals surface area contributed by atoms with E-state index >= 15 is 0 Å². The Morgan fingerprint density at radius 1 is 1.31 bits per heavy atom. The van der Waals surface area contributed by atoms with Gasteiger partial charge in [0.05, 0.1) is 0 Å². The Hall–Kier alpha value is -0.610. The molecular formula is C12H16ClN2O. The van der Waals surface area contributed by atoms with Gasteiger partial charge in [-0.15, -0.1) is 0 Å². The molecule has 0 bridgehead atoms. The Balaban J connectivity index is 2.26. The van der Waals surface area contributed by atoms with E-state index in [0.29, 0.717) is 10.6 Å². The van der Waals surface area contributed by atoms with Crippen LogP contribution >= 0.6 is 11.6 Å². The zero-order chi connectivity index (χ0) is 11.6. The fourth-order valence-electron chi connectivity index (χ4n) is 1.99. The highest BCUT2D eigenvalue weighted by molar-refractivity contribution is 6.31. The van der Waals surface area contributed by atoms with Gasteiger partial charge in [-0.05, 0) is 13.0 Å². The molecule has 0 saturated carbocycles. The van der Waals surface area contributed by atoms with Crippen LogP contribution in [0, 0.1) is 6.92 Å². The van der Waals surface area contributed by atoms with E-state index < -0.39 is 5.72 Å². The lowest BCUT2D eigenvalue weighted by Gasteiger charge is -2.40. The van der Waals surface area contributed by atoms with E-state index in [1.165, 1.54) is 0 Å². The first-order chi connectivity index (χ1) is 7.62. The van der Waals surface area contributed by atoms with E-state index in [1.807, 2.05) is 23.1 Å². The minimum Gasteiger partial charge on any atom is -0.371 e. The molecule has 2 N–H and O–H groups in total. The van der Waals surface area contributed by atoms with Crippen LogP contribution in [0.4, 0.5) is 0 Å². The van der Waals surface area contributed by atoms with Crippen LogP contribution < -0.4 is 5.32 Å². The fraction of sp³-hybridized carbons (Fsp3) is 0.417. The molecule has 2 rings (SSSR count). The summed E-state index contributed by atoms with van der Waals surface area (Å²) in [6.45, 7) is 7.16. The Morgan fingerprint density at radius 2 is 1.94 bits per heavy atom. The molecule has 0 aromatic heterocycles. The molecule has 1 aliphatic rings. The van der Waals surface area contributed by atoms with Crippen molar-refractivity contribution in [1.82, 2.24) is 10.2 Å². The van der Waals surface area contributed by atoms with Crippen molar-refractivity contribution in [2.75, 3.05) is 26.2 Å². The standard InChI is InChI=1S/C12H16ClN2O/c1-12(16,15-8-6-14-7-9-15)10-4-2-3-5-11(10)13/h2-5,14,16H,1,6-9H2. The highest BCUT2D eigenvalue weighted by Crippen LogP contribution is 2.30. The second-order valence-electron chi connectivity index (χ2n) is 4.03. The molecule has 1 aromatic carbocycles. The average molecular weight is 240 g/mol. The average Bonchev–Trinajstić information content (AvgIpc) is 2.30. The summed E-state index contributed by atoms with van der Waals surface area (Å²) in [7, 11) is 0. The van der Waals surface area contributed by atoms with Gasteiger partial charge >= 0.3 is 0 Å². The van der Waals surface area contributed by atoms with Gasteiger partial charge in [-0.2, -0.15) is 0 Å². The first-order valence-electron chi connectivity index (χ1n) is 5.41.